The van der Waals surface area contributed by atoms with E-state index in [-0.39, 0.29) is 17.7 Å². The van der Waals surface area contributed by atoms with E-state index >= 15 is 0 Å². The number of aryl methyl sites for hydroxylation is 1. The van der Waals surface area contributed by atoms with Gasteiger partial charge in [0.05, 0.1) is 0 Å². The molecule has 3 rings (SSSR count). The zero-order valence-corrected chi connectivity index (χ0v) is 14.5. The van der Waals surface area contributed by atoms with E-state index in [1.54, 1.807) is 24.3 Å². The van der Waals surface area contributed by atoms with Gasteiger partial charge in [0, 0.05) is 22.9 Å². The third-order valence-electron chi connectivity index (χ3n) is 4.37. The van der Waals surface area contributed by atoms with Crippen LogP contribution in [0.4, 0.5) is 11.4 Å². The summed E-state index contributed by atoms with van der Waals surface area (Å²) < 4.78 is 0. The van der Waals surface area contributed by atoms with E-state index in [0.29, 0.717) is 11.3 Å². The first-order valence-corrected chi connectivity index (χ1v) is 8.97. The molecule has 0 spiro atoms. The first-order chi connectivity index (χ1) is 12.2. The second kappa shape index (κ2) is 7.97. The van der Waals surface area contributed by atoms with E-state index in [1.165, 1.54) is 18.4 Å². The lowest BCUT2D eigenvalue weighted by atomic mass is 10.1. The largest absolute Gasteiger partial charge is 0.326 e. The summed E-state index contributed by atoms with van der Waals surface area (Å²) in [6.07, 6.45) is 5.32. The molecule has 2 N–H and O–H groups in total. The van der Waals surface area contributed by atoms with Crippen LogP contribution in [0.25, 0.3) is 0 Å². The molecule has 0 radical (unpaired) electrons. The van der Waals surface area contributed by atoms with E-state index in [1.807, 2.05) is 12.1 Å². The molecule has 1 aliphatic carbocycles. The number of amides is 2. The number of carbonyl (C=O) groups is 2. The first-order valence-electron chi connectivity index (χ1n) is 8.97. The predicted octanol–water partition coefficient (Wildman–Crippen LogP) is 4.63. The van der Waals surface area contributed by atoms with Crippen molar-refractivity contribution in [3.63, 3.8) is 0 Å². The minimum absolute atomic E-state index is 0.0419. The molecular formula is C21H24N2O2. The number of carbonyl (C=O) groups excluding carboxylic acids is 2. The molecule has 25 heavy (non-hydrogen) atoms. The normalized spacial score (nSPS) is 13.3. The van der Waals surface area contributed by atoms with E-state index in [4.69, 9.17) is 0 Å². The van der Waals surface area contributed by atoms with Gasteiger partial charge in [0.25, 0.3) is 5.91 Å². The Morgan fingerprint density at radius 1 is 1.00 bits per heavy atom. The highest BCUT2D eigenvalue weighted by atomic mass is 16.2. The second-order valence-electron chi connectivity index (χ2n) is 6.60. The van der Waals surface area contributed by atoms with Crippen molar-refractivity contribution in [2.75, 3.05) is 10.6 Å². The molecule has 4 heteroatoms. The fraction of sp³-hybridized carbons (Fsp3) is 0.333. The Morgan fingerprint density at radius 2 is 1.76 bits per heavy atom. The zero-order valence-electron chi connectivity index (χ0n) is 14.5. The maximum atomic E-state index is 12.4. The van der Waals surface area contributed by atoms with Crippen LogP contribution in [0.3, 0.4) is 0 Å². The summed E-state index contributed by atoms with van der Waals surface area (Å²) in [7, 11) is 0. The predicted molar refractivity (Wildman–Crippen MR) is 101 cm³/mol. The lowest BCUT2D eigenvalue weighted by molar-refractivity contribution is -0.117. The van der Waals surface area contributed by atoms with E-state index in [2.05, 4.69) is 29.7 Å². The molecule has 0 atom stereocenters. The standard InChI is InChI=1S/C21H24N2O2/c1-2-3-5-15-8-12-18(13-9-15)22-21(25)17-6-4-7-19(14-17)23-20(24)16-10-11-16/h4,6-9,12-14,16H,2-3,5,10-11H2,1H3,(H,22,25)(H,23,24). The van der Waals surface area contributed by atoms with Gasteiger partial charge in [0.15, 0.2) is 0 Å². The lowest BCUT2D eigenvalue weighted by Gasteiger charge is -2.09. The Kier molecular flexibility index (Phi) is 5.49. The van der Waals surface area contributed by atoms with E-state index in [9.17, 15) is 9.59 Å². The highest BCUT2D eigenvalue weighted by molar-refractivity contribution is 6.05. The number of anilines is 2. The van der Waals surface area contributed by atoms with Gasteiger partial charge in [-0.2, -0.15) is 0 Å². The maximum Gasteiger partial charge on any atom is 0.255 e. The van der Waals surface area contributed by atoms with Crippen molar-refractivity contribution < 1.29 is 9.59 Å². The van der Waals surface area contributed by atoms with E-state index < -0.39 is 0 Å². The molecule has 0 saturated heterocycles. The number of unbranched alkanes of at least 4 members (excludes halogenated alkanes) is 1. The fourth-order valence-electron chi connectivity index (χ4n) is 2.67. The van der Waals surface area contributed by atoms with Crippen LogP contribution in [0.2, 0.25) is 0 Å². The Morgan fingerprint density at radius 3 is 2.44 bits per heavy atom. The molecule has 0 heterocycles. The molecule has 2 aromatic rings. The first kappa shape index (κ1) is 17.2. The van der Waals surface area contributed by atoms with Gasteiger partial charge in [-0.1, -0.05) is 31.5 Å². The van der Waals surface area contributed by atoms with Gasteiger partial charge in [-0.15, -0.1) is 0 Å². The van der Waals surface area contributed by atoms with Crippen molar-refractivity contribution in [2.45, 2.75) is 39.0 Å². The van der Waals surface area contributed by atoms with Crippen molar-refractivity contribution in [1.29, 1.82) is 0 Å². The van der Waals surface area contributed by atoms with Crippen molar-refractivity contribution in [1.82, 2.24) is 0 Å². The third kappa shape index (κ3) is 4.92. The summed E-state index contributed by atoms with van der Waals surface area (Å²) in [4.78, 5) is 24.3. The van der Waals surface area contributed by atoms with Crippen LogP contribution in [0.15, 0.2) is 48.5 Å². The number of hydrogen-bond donors (Lipinski definition) is 2. The average Bonchev–Trinajstić information content (AvgIpc) is 3.46. The van der Waals surface area contributed by atoms with Gasteiger partial charge >= 0.3 is 0 Å². The molecule has 1 aliphatic rings. The average molecular weight is 336 g/mol. The number of nitrogens with one attached hydrogen (secondary N) is 2. The molecular weight excluding hydrogens is 312 g/mol. The molecule has 4 nitrogen and oxygen atoms in total. The fourth-order valence-corrected chi connectivity index (χ4v) is 2.67. The Hall–Kier alpha value is -2.62. The molecule has 0 aliphatic heterocycles. The summed E-state index contributed by atoms with van der Waals surface area (Å²) in [5.41, 5.74) is 3.26. The summed E-state index contributed by atoms with van der Waals surface area (Å²) in [6.45, 7) is 2.18. The molecule has 1 fully saturated rings. The summed E-state index contributed by atoms with van der Waals surface area (Å²) in [5, 5.41) is 5.78. The molecule has 0 bridgehead atoms. The number of benzene rings is 2. The molecule has 2 amide bonds. The lowest BCUT2D eigenvalue weighted by Crippen LogP contribution is -2.15. The number of rotatable bonds is 7. The molecule has 130 valence electrons. The zero-order chi connectivity index (χ0) is 17.6. The van der Waals surface area contributed by atoms with Gasteiger partial charge in [-0.25, -0.2) is 0 Å². The van der Waals surface area contributed by atoms with Crippen LogP contribution in [0, 0.1) is 5.92 Å². The van der Waals surface area contributed by atoms with Gasteiger partial charge in [-0.3, -0.25) is 9.59 Å². The van der Waals surface area contributed by atoms with Crippen LogP contribution in [-0.2, 0) is 11.2 Å². The quantitative estimate of drug-likeness (QED) is 0.774. The smallest absolute Gasteiger partial charge is 0.255 e. The SMILES string of the molecule is CCCCc1ccc(NC(=O)c2cccc(NC(=O)C3CC3)c2)cc1. The van der Waals surface area contributed by atoms with Crippen LogP contribution < -0.4 is 10.6 Å². The summed E-state index contributed by atoms with van der Waals surface area (Å²) in [6, 6.07) is 15.0. The summed E-state index contributed by atoms with van der Waals surface area (Å²) >= 11 is 0. The monoisotopic (exact) mass is 336 g/mol. The van der Waals surface area contributed by atoms with Gasteiger partial charge in [-0.05, 0) is 61.6 Å². The second-order valence-corrected chi connectivity index (χ2v) is 6.60. The van der Waals surface area contributed by atoms with Crippen molar-refractivity contribution in [3.8, 4) is 0 Å². The van der Waals surface area contributed by atoms with E-state index in [0.717, 1.165) is 24.9 Å². The molecule has 0 unspecified atom stereocenters. The Balaban J connectivity index is 1.61. The minimum atomic E-state index is -0.177. The molecule has 2 aromatic carbocycles. The van der Waals surface area contributed by atoms with Crippen LogP contribution in [0.1, 0.15) is 48.5 Å². The highest BCUT2D eigenvalue weighted by Crippen LogP contribution is 2.30. The van der Waals surface area contributed by atoms with Gasteiger partial charge < -0.3 is 10.6 Å². The van der Waals surface area contributed by atoms with Crippen molar-refractivity contribution in [2.24, 2.45) is 5.92 Å². The third-order valence-corrected chi connectivity index (χ3v) is 4.37. The number of hydrogen-bond acceptors (Lipinski definition) is 2. The van der Waals surface area contributed by atoms with Crippen molar-refractivity contribution in [3.05, 3.63) is 59.7 Å². The van der Waals surface area contributed by atoms with Crippen LogP contribution in [0.5, 0.6) is 0 Å². The summed E-state index contributed by atoms with van der Waals surface area (Å²) in [5.74, 6) is 0.00719. The molecule has 1 saturated carbocycles. The Bertz CT molecular complexity index is 749. The highest BCUT2D eigenvalue weighted by Gasteiger charge is 2.29. The maximum absolute atomic E-state index is 12.4. The van der Waals surface area contributed by atoms with Crippen LogP contribution >= 0.6 is 0 Å². The van der Waals surface area contributed by atoms with Crippen LogP contribution in [-0.4, -0.2) is 11.8 Å². The van der Waals surface area contributed by atoms with Gasteiger partial charge in [0.2, 0.25) is 5.91 Å². The molecule has 0 aromatic heterocycles. The topological polar surface area (TPSA) is 58.2 Å². The van der Waals surface area contributed by atoms with Crippen molar-refractivity contribution >= 4 is 23.2 Å². The van der Waals surface area contributed by atoms with Gasteiger partial charge in [0.1, 0.15) is 0 Å². The Labute approximate surface area is 148 Å². The minimum Gasteiger partial charge on any atom is -0.326 e.